The molecule has 0 heteroatoms. The number of fused-ring (bicyclic) bond motifs is 5. The van der Waals surface area contributed by atoms with Crippen LogP contribution in [0, 0.1) is 65.1 Å². The molecule has 0 aliphatic heterocycles. The van der Waals surface area contributed by atoms with Crippen molar-refractivity contribution in [2.75, 3.05) is 0 Å². The molecule has 0 amide bonds. The molecule has 7 aliphatic rings. The number of hydrogen-bond acceptors (Lipinski definition) is 0. The quantitative estimate of drug-likeness (QED) is 0.361. The van der Waals surface area contributed by atoms with Crippen molar-refractivity contribution < 1.29 is 0 Å². The van der Waals surface area contributed by atoms with E-state index in [0.717, 1.165) is 65.1 Å². The van der Waals surface area contributed by atoms with Gasteiger partial charge in [-0.1, -0.05) is 74.5 Å². The van der Waals surface area contributed by atoms with Crippen LogP contribution >= 0.6 is 0 Å². The van der Waals surface area contributed by atoms with E-state index in [2.05, 4.69) is 30.4 Å². The van der Waals surface area contributed by atoms with E-state index < -0.39 is 0 Å². The summed E-state index contributed by atoms with van der Waals surface area (Å²) in [5, 5.41) is 0. The first-order valence-corrected chi connectivity index (χ1v) is 15.9. The molecule has 0 heterocycles. The highest BCUT2D eigenvalue weighted by atomic mass is 14.6. The first-order chi connectivity index (χ1) is 16.8. The first kappa shape index (κ1) is 22.4. The zero-order chi connectivity index (χ0) is 22.5. The van der Waals surface area contributed by atoms with Crippen molar-refractivity contribution in [3.05, 3.63) is 36.0 Å². The fourth-order valence-electron chi connectivity index (χ4n) is 11.3. The van der Waals surface area contributed by atoms with E-state index in [0.29, 0.717) is 0 Å². The van der Waals surface area contributed by atoms with E-state index in [4.69, 9.17) is 0 Å². The Labute approximate surface area is 210 Å². The van der Waals surface area contributed by atoms with E-state index in [1.807, 2.05) is 5.57 Å². The summed E-state index contributed by atoms with van der Waals surface area (Å²) < 4.78 is 0. The van der Waals surface area contributed by atoms with Crippen LogP contribution in [0.1, 0.15) is 109 Å². The van der Waals surface area contributed by atoms with Gasteiger partial charge in [0.2, 0.25) is 0 Å². The van der Waals surface area contributed by atoms with Crippen molar-refractivity contribution in [1.29, 1.82) is 0 Å². The molecule has 0 bridgehead atoms. The van der Waals surface area contributed by atoms with Gasteiger partial charge in [-0.15, -0.1) is 0 Å². The van der Waals surface area contributed by atoms with Crippen LogP contribution in [-0.2, 0) is 0 Å². The molecule has 7 rings (SSSR count). The summed E-state index contributed by atoms with van der Waals surface area (Å²) >= 11 is 0. The third kappa shape index (κ3) is 4.02. The number of rotatable bonds is 2. The van der Waals surface area contributed by atoms with E-state index in [-0.39, 0.29) is 0 Å². The van der Waals surface area contributed by atoms with Crippen LogP contribution in [0.25, 0.3) is 0 Å². The van der Waals surface area contributed by atoms with Gasteiger partial charge in [0.25, 0.3) is 0 Å². The van der Waals surface area contributed by atoms with Crippen LogP contribution in [0.2, 0.25) is 0 Å². The van der Waals surface area contributed by atoms with Gasteiger partial charge in [-0.05, 0) is 136 Å². The molecular formula is C34H50. The van der Waals surface area contributed by atoms with E-state index in [1.165, 1.54) is 51.4 Å². The second kappa shape index (κ2) is 9.59. The minimum atomic E-state index is 0.855. The smallest absolute Gasteiger partial charge is 0.0168 e. The molecule has 0 aromatic carbocycles. The fourth-order valence-corrected chi connectivity index (χ4v) is 11.3. The van der Waals surface area contributed by atoms with Gasteiger partial charge in [0.15, 0.2) is 0 Å². The van der Waals surface area contributed by atoms with Gasteiger partial charge in [-0.2, -0.15) is 0 Å². The maximum Gasteiger partial charge on any atom is -0.0168 e. The zero-order valence-corrected chi connectivity index (χ0v) is 21.8. The van der Waals surface area contributed by atoms with Gasteiger partial charge in [0, 0.05) is 0 Å². The molecular weight excluding hydrogens is 408 g/mol. The van der Waals surface area contributed by atoms with E-state index in [9.17, 15) is 0 Å². The topological polar surface area (TPSA) is 0 Å². The van der Waals surface area contributed by atoms with Gasteiger partial charge in [-0.25, -0.2) is 0 Å². The maximum absolute atomic E-state index is 3.05. The molecule has 11 unspecified atom stereocenters. The van der Waals surface area contributed by atoms with Gasteiger partial charge in [0.05, 0.1) is 0 Å². The number of hydrogen-bond donors (Lipinski definition) is 0. The largest absolute Gasteiger partial charge is 0.0843 e. The lowest BCUT2D eigenvalue weighted by molar-refractivity contribution is 0.0189. The average molecular weight is 459 g/mol. The Bertz CT molecular complexity index is 814. The van der Waals surface area contributed by atoms with Crippen molar-refractivity contribution >= 4 is 0 Å². The third-order valence-electron chi connectivity index (χ3n) is 12.8. The Morgan fingerprint density at radius 3 is 2.32 bits per heavy atom. The molecule has 0 N–H and O–H groups in total. The Morgan fingerprint density at radius 1 is 0.559 bits per heavy atom. The fraction of sp³-hybridized carbons (Fsp3) is 0.824. The van der Waals surface area contributed by atoms with Gasteiger partial charge >= 0.3 is 0 Å². The minimum Gasteiger partial charge on any atom is -0.0843 e. The summed E-state index contributed by atoms with van der Waals surface area (Å²) in [6, 6.07) is 0. The van der Waals surface area contributed by atoms with Crippen molar-refractivity contribution in [3.63, 3.8) is 0 Å². The molecule has 0 aromatic rings. The molecule has 11 atom stereocenters. The first-order valence-electron chi connectivity index (χ1n) is 15.9. The molecule has 0 spiro atoms. The summed E-state index contributed by atoms with van der Waals surface area (Å²) in [7, 11) is 0. The molecule has 186 valence electrons. The average Bonchev–Trinajstić information content (AvgIpc) is 3.43. The molecule has 0 saturated heterocycles. The summed E-state index contributed by atoms with van der Waals surface area (Å²) in [5.74, 6) is 11.2. The Morgan fingerprint density at radius 2 is 1.35 bits per heavy atom. The molecule has 0 nitrogen and oxygen atoms in total. The Balaban J connectivity index is 1.19. The second-order valence-corrected chi connectivity index (χ2v) is 14.1. The van der Waals surface area contributed by atoms with Crippen molar-refractivity contribution in [2.45, 2.75) is 109 Å². The van der Waals surface area contributed by atoms with Crippen LogP contribution in [0.4, 0.5) is 0 Å². The summed E-state index contributed by atoms with van der Waals surface area (Å²) in [4.78, 5) is 0. The predicted molar refractivity (Wildman–Crippen MR) is 143 cm³/mol. The summed E-state index contributed by atoms with van der Waals surface area (Å²) in [5.41, 5.74) is 1.97. The lowest BCUT2D eigenvalue weighted by atomic mass is 9.57. The van der Waals surface area contributed by atoms with Crippen molar-refractivity contribution in [2.24, 2.45) is 65.1 Å². The molecule has 0 aromatic heterocycles. The summed E-state index contributed by atoms with van der Waals surface area (Å²) in [6.45, 7) is 0. The standard InChI is InChI=1S/C34H50/c1-2-8-23-16-18-26(20-25(23)10-3-1)27-19-17-24-9-4-5-12-29(24)33(21-27)34-22-28-11-6-13-30(28)31-14-7-15-32(31)34/h1-3,8,21,23-26,28-34H,4-7,9-20,22H2. The van der Waals surface area contributed by atoms with Crippen molar-refractivity contribution in [1.82, 2.24) is 0 Å². The van der Waals surface area contributed by atoms with Gasteiger partial charge < -0.3 is 0 Å². The minimum absolute atomic E-state index is 0.855. The van der Waals surface area contributed by atoms with E-state index >= 15 is 0 Å². The highest BCUT2D eigenvalue weighted by Crippen LogP contribution is 2.60. The molecule has 7 aliphatic carbocycles. The SMILES string of the molecule is C1=CCC2CC(C3=CC(C4CC5CCCC5C5CCCC45)C4CCCCC4CC3)CCC2C=C1. The predicted octanol–water partition coefficient (Wildman–Crippen LogP) is 9.53. The highest BCUT2D eigenvalue weighted by molar-refractivity contribution is 5.19. The van der Waals surface area contributed by atoms with Crippen LogP contribution in [-0.4, -0.2) is 0 Å². The molecule has 5 fully saturated rings. The van der Waals surface area contributed by atoms with Crippen LogP contribution in [0.5, 0.6) is 0 Å². The monoisotopic (exact) mass is 458 g/mol. The number of allylic oxidation sites excluding steroid dienone is 6. The Kier molecular flexibility index (Phi) is 6.32. The van der Waals surface area contributed by atoms with Crippen LogP contribution in [0.15, 0.2) is 36.0 Å². The van der Waals surface area contributed by atoms with Crippen molar-refractivity contribution in [3.8, 4) is 0 Å². The van der Waals surface area contributed by atoms with E-state index in [1.54, 1.807) is 57.8 Å². The molecule has 5 saturated carbocycles. The zero-order valence-electron chi connectivity index (χ0n) is 21.8. The third-order valence-corrected chi connectivity index (χ3v) is 12.8. The summed E-state index contributed by atoms with van der Waals surface area (Å²) in [6.07, 6.45) is 38.7. The normalized spacial score (nSPS) is 50.4. The van der Waals surface area contributed by atoms with Gasteiger partial charge in [-0.3, -0.25) is 0 Å². The van der Waals surface area contributed by atoms with Gasteiger partial charge in [0.1, 0.15) is 0 Å². The van der Waals surface area contributed by atoms with Crippen LogP contribution in [0.3, 0.4) is 0 Å². The lowest BCUT2D eigenvalue weighted by Crippen LogP contribution is -2.41. The Hall–Kier alpha value is -0.780. The van der Waals surface area contributed by atoms with Crippen LogP contribution < -0.4 is 0 Å². The molecule has 0 radical (unpaired) electrons. The maximum atomic E-state index is 3.05. The second-order valence-electron chi connectivity index (χ2n) is 14.1. The highest BCUT2D eigenvalue weighted by Gasteiger charge is 2.51. The lowest BCUT2D eigenvalue weighted by Gasteiger charge is -2.48. The molecule has 34 heavy (non-hydrogen) atoms.